The summed E-state index contributed by atoms with van der Waals surface area (Å²) in [6.45, 7) is 3.78. The molecule has 0 atom stereocenters. The first kappa shape index (κ1) is 21.5. The molecule has 1 aliphatic rings. The predicted octanol–water partition coefficient (Wildman–Crippen LogP) is 4.42. The maximum Gasteiger partial charge on any atom is 0.248 e. The molecule has 0 saturated carbocycles. The first-order valence-electron chi connectivity index (χ1n) is 10.5. The highest BCUT2D eigenvalue weighted by molar-refractivity contribution is 6.03. The molecule has 0 unspecified atom stereocenters. The molecular weight excluding hydrogens is 407 g/mol. The number of benzene rings is 2. The van der Waals surface area contributed by atoms with Crippen molar-refractivity contribution in [3.05, 3.63) is 84.4 Å². The van der Waals surface area contributed by atoms with Crippen molar-refractivity contribution in [2.45, 2.75) is 0 Å². The van der Waals surface area contributed by atoms with Gasteiger partial charge in [-0.3, -0.25) is 9.78 Å². The van der Waals surface area contributed by atoms with Crippen molar-refractivity contribution in [2.75, 3.05) is 43.4 Å². The Morgan fingerprint density at radius 2 is 1.91 bits per heavy atom. The standard InChI is InChI=1S/C25H25FN4O2/c1-29-13-15-30(16-14-29)23-7-3-2-6-22(23)28-25(31)11-9-19-8-10-24(21(26)17-19)32-20-5-4-12-27-18-20/h2-12,17-18H,13-16H2,1H3,(H,28,31)/b11-9+. The largest absolute Gasteiger partial charge is 0.453 e. The third-order valence-corrected chi connectivity index (χ3v) is 5.25. The maximum atomic E-state index is 14.4. The lowest BCUT2D eigenvalue weighted by atomic mass is 10.2. The quantitative estimate of drug-likeness (QED) is 0.585. The minimum Gasteiger partial charge on any atom is -0.453 e. The molecule has 1 aromatic heterocycles. The van der Waals surface area contributed by atoms with E-state index in [2.05, 4.69) is 27.1 Å². The Balaban J connectivity index is 1.40. The molecule has 1 saturated heterocycles. The van der Waals surface area contributed by atoms with Crippen LogP contribution in [0.25, 0.3) is 6.08 Å². The van der Waals surface area contributed by atoms with Crippen LogP contribution in [0.15, 0.2) is 73.1 Å². The van der Waals surface area contributed by atoms with Gasteiger partial charge >= 0.3 is 0 Å². The number of piperazine rings is 1. The van der Waals surface area contributed by atoms with E-state index in [0.29, 0.717) is 11.3 Å². The van der Waals surface area contributed by atoms with Gasteiger partial charge in [0.15, 0.2) is 11.6 Å². The number of likely N-dealkylation sites (N-methyl/N-ethyl adjacent to an activating group) is 1. The summed E-state index contributed by atoms with van der Waals surface area (Å²) < 4.78 is 19.9. The van der Waals surface area contributed by atoms with Crippen LogP contribution in [0.4, 0.5) is 15.8 Å². The number of para-hydroxylation sites is 2. The van der Waals surface area contributed by atoms with Crippen molar-refractivity contribution in [2.24, 2.45) is 0 Å². The van der Waals surface area contributed by atoms with E-state index in [0.717, 1.165) is 37.6 Å². The van der Waals surface area contributed by atoms with Crippen LogP contribution in [-0.4, -0.2) is 49.0 Å². The van der Waals surface area contributed by atoms with Gasteiger partial charge in [-0.25, -0.2) is 4.39 Å². The van der Waals surface area contributed by atoms with Crippen molar-refractivity contribution in [1.29, 1.82) is 0 Å². The molecule has 4 rings (SSSR count). The van der Waals surface area contributed by atoms with E-state index in [1.54, 1.807) is 30.5 Å². The molecule has 6 nitrogen and oxygen atoms in total. The number of nitrogens with one attached hydrogen (secondary N) is 1. The number of aromatic nitrogens is 1. The van der Waals surface area contributed by atoms with Crippen LogP contribution in [0, 0.1) is 5.82 Å². The third kappa shape index (κ3) is 5.50. The number of nitrogens with zero attached hydrogens (tertiary/aromatic N) is 3. The third-order valence-electron chi connectivity index (χ3n) is 5.25. The molecule has 32 heavy (non-hydrogen) atoms. The van der Waals surface area contributed by atoms with E-state index >= 15 is 0 Å². The van der Waals surface area contributed by atoms with Gasteiger partial charge in [-0.15, -0.1) is 0 Å². The van der Waals surface area contributed by atoms with Crippen molar-refractivity contribution in [1.82, 2.24) is 9.88 Å². The number of hydrogen-bond acceptors (Lipinski definition) is 5. The zero-order valence-corrected chi connectivity index (χ0v) is 17.9. The van der Waals surface area contributed by atoms with Gasteiger partial charge in [0.25, 0.3) is 0 Å². The molecule has 164 valence electrons. The van der Waals surface area contributed by atoms with Gasteiger partial charge in [0.2, 0.25) is 5.91 Å². The van der Waals surface area contributed by atoms with Gasteiger partial charge in [0.05, 0.1) is 17.6 Å². The first-order chi connectivity index (χ1) is 15.6. The fourth-order valence-electron chi connectivity index (χ4n) is 3.49. The second-order valence-corrected chi connectivity index (χ2v) is 7.61. The van der Waals surface area contributed by atoms with Crippen molar-refractivity contribution in [3.63, 3.8) is 0 Å². The second kappa shape index (κ2) is 10.1. The lowest BCUT2D eigenvalue weighted by molar-refractivity contribution is -0.111. The second-order valence-electron chi connectivity index (χ2n) is 7.61. The number of carbonyl (C=O) groups is 1. The number of pyridine rings is 1. The number of hydrogen-bond donors (Lipinski definition) is 1. The van der Waals surface area contributed by atoms with E-state index in [4.69, 9.17) is 4.74 Å². The number of anilines is 2. The topological polar surface area (TPSA) is 57.7 Å². The average Bonchev–Trinajstić information content (AvgIpc) is 2.81. The maximum absolute atomic E-state index is 14.4. The number of rotatable bonds is 6. The number of halogens is 1. The molecule has 7 heteroatoms. The molecule has 3 aromatic rings. The normalized spacial score (nSPS) is 14.5. The highest BCUT2D eigenvalue weighted by Gasteiger charge is 2.17. The lowest BCUT2D eigenvalue weighted by Gasteiger charge is -2.35. The van der Waals surface area contributed by atoms with Gasteiger partial charge in [0, 0.05) is 38.5 Å². The molecule has 0 bridgehead atoms. The summed E-state index contributed by atoms with van der Waals surface area (Å²) in [4.78, 5) is 21.0. The highest BCUT2D eigenvalue weighted by Crippen LogP contribution is 2.27. The van der Waals surface area contributed by atoms with Crippen molar-refractivity contribution in [3.8, 4) is 11.5 Å². The fraction of sp³-hybridized carbons (Fsp3) is 0.200. The Morgan fingerprint density at radius 3 is 2.66 bits per heavy atom. The van der Waals surface area contributed by atoms with Gasteiger partial charge in [0.1, 0.15) is 5.75 Å². The molecular formula is C25H25FN4O2. The number of ether oxygens (including phenoxy) is 1. The molecule has 2 heterocycles. The summed E-state index contributed by atoms with van der Waals surface area (Å²) in [5, 5.41) is 2.94. The Morgan fingerprint density at radius 1 is 1.09 bits per heavy atom. The van der Waals surface area contributed by atoms with Crippen molar-refractivity contribution >= 4 is 23.4 Å². The minimum absolute atomic E-state index is 0.0979. The summed E-state index contributed by atoms with van der Waals surface area (Å²) >= 11 is 0. The van der Waals surface area contributed by atoms with E-state index in [9.17, 15) is 9.18 Å². The molecule has 1 fully saturated rings. The van der Waals surface area contributed by atoms with E-state index in [-0.39, 0.29) is 11.7 Å². The Bertz CT molecular complexity index is 1100. The van der Waals surface area contributed by atoms with Crippen LogP contribution < -0.4 is 15.0 Å². The summed E-state index contributed by atoms with van der Waals surface area (Å²) in [6, 6.07) is 15.7. The van der Waals surface area contributed by atoms with Crippen LogP contribution in [-0.2, 0) is 4.79 Å². The smallest absolute Gasteiger partial charge is 0.248 e. The molecule has 0 aliphatic carbocycles. The van der Waals surface area contributed by atoms with E-state index in [1.807, 2.05) is 24.3 Å². The van der Waals surface area contributed by atoms with Crippen LogP contribution >= 0.6 is 0 Å². The van der Waals surface area contributed by atoms with E-state index < -0.39 is 5.82 Å². The first-order valence-corrected chi connectivity index (χ1v) is 10.5. The highest BCUT2D eigenvalue weighted by atomic mass is 19.1. The summed E-state index contributed by atoms with van der Waals surface area (Å²) in [7, 11) is 2.11. The van der Waals surface area contributed by atoms with Crippen LogP contribution in [0.2, 0.25) is 0 Å². The lowest BCUT2D eigenvalue weighted by Crippen LogP contribution is -2.44. The van der Waals surface area contributed by atoms with Crippen molar-refractivity contribution < 1.29 is 13.9 Å². The summed E-state index contributed by atoms with van der Waals surface area (Å²) in [5.74, 6) is -0.242. The SMILES string of the molecule is CN1CCN(c2ccccc2NC(=O)/C=C/c2ccc(Oc3cccnc3)c(F)c2)CC1. The predicted molar refractivity (Wildman–Crippen MR) is 125 cm³/mol. The Kier molecular flexibility index (Phi) is 6.77. The molecule has 1 amide bonds. The molecule has 1 N–H and O–H groups in total. The van der Waals surface area contributed by atoms with Gasteiger partial charge in [-0.1, -0.05) is 18.2 Å². The Hall–Kier alpha value is -3.71. The molecule has 0 radical (unpaired) electrons. The van der Waals surface area contributed by atoms with Crippen LogP contribution in [0.1, 0.15) is 5.56 Å². The van der Waals surface area contributed by atoms with Crippen LogP contribution in [0.3, 0.4) is 0 Å². The van der Waals surface area contributed by atoms with Gasteiger partial charge in [-0.2, -0.15) is 0 Å². The van der Waals surface area contributed by atoms with Crippen LogP contribution in [0.5, 0.6) is 11.5 Å². The van der Waals surface area contributed by atoms with E-state index in [1.165, 1.54) is 24.4 Å². The Labute approximate surface area is 186 Å². The summed E-state index contributed by atoms with van der Waals surface area (Å²) in [6.07, 6.45) is 6.10. The summed E-state index contributed by atoms with van der Waals surface area (Å²) in [5.41, 5.74) is 2.33. The zero-order valence-electron chi connectivity index (χ0n) is 17.9. The number of amides is 1. The van der Waals surface area contributed by atoms with Gasteiger partial charge < -0.3 is 19.9 Å². The number of carbonyl (C=O) groups excluding carboxylic acids is 1. The zero-order chi connectivity index (χ0) is 22.3. The average molecular weight is 432 g/mol. The molecule has 0 spiro atoms. The van der Waals surface area contributed by atoms with Gasteiger partial charge in [-0.05, 0) is 55.1 Å². The fourth-order valence-corrected chi connectivity index (χ4v) is 3.49. The minimum atomic E-state index is -0.517. The monoisotopic (exact) mass is 432 g/mol. The molecule has 1 aliphatic heterocycles. The molecule has 2 aromatic carbocycles.